The molecule has 2 aromatic carbocycles. The number of sulfonamides is 1. The van der Waals surface area contributed by atoms with Crippen LogP contribution in [0.25, 0.3) is 11.1 Å². The van der Waals surface area contributed by atoms with Gasteiger partial charge in [0.1, 0.15) is 12.4 Å². The molecule has 0 aliphatic heterocycles. The average molecular weight is 452 g/mol. The third-order valence-electron chi connectivity index (χ3n) is 4.74. The molecule has 0 unspecified atom stereocenters. The minimum atomic E-state index is -3.83. The predicted molar refractivity (Wildman–Crippen MR) is 119 cm³/mol. The van der Waals surface area contributed by atoms with Gasteiger partial charge in [-0.3, -0.25) is 9.36 Å². The number of carbonyl (C=O) groups is 1. The van der Waals surface area contributed by atoms with Crippen LogP contribution < -0.4 is 15.8 Å². The Balaban J connectivity index is 1.53. The first kappa shape index (κ1) is 21.5. The number of nitrogens with one attached hydrogen (secondary N) is 2. The van der Waals surface area contributed by atoms with E-state index in [4.69, 9.17) is 4.42 Å². The number of benzene rings is 2. The van der Waals surface area contributed by atoms with Crippen LogP contribution in [0.3, 0.4) is 0 Å². The summed E-state index contributed by atoms with van der Waals surface area (Å²) in [4.78, 5) is 28.7. The van der Waals surface area contributed by atoms with Crippen LogP contribution in [0.2, 0.25) is 0 Å². The molecule has 0 radical (unpaired) electrons. The van der Waals surface area contributed by atoms with Crippen molar-refractivity contribution in [3.05, 3.63) is 88.5 Å². The van der Waals surface area contributed by atoms with Crippen molar-refractivity contribution in [3.8, 4) is 0 Å². The lowest BCUT2D eigenvalue weighted by Gasteiger charge is -2.07. The Morgan fingerprint density at radius 3 is 2.62 bits per heavy atom. The second kappa shape index (κ2) is 8.77. The van der Waals surface area contributed by atoms with Crippen molar-refractivity contribution >= 4 is 32.8 Å². The van der Waals surface area contributed by atoms with E-state index >= 15 is 0 Å². The van der Waals surface area contributed by atoms with Gasteiger partial charge in [0.2, 0.25) is 15.9 Å². The summed E-state index contributed by atoms with van der Waals surface area (Å²) < 4.78 is 34.1. The minimum Gasteiger partial charge on any atom is -0.408 e. The highest BCUT2D eigenvalue weighted by Gasteiger charge is 2.19. The van der Waals surface area contributed by atoms with Gasteiger partial charge in [-0.1, -0.05) is 30.3 Å². The van der Waals surface area contributed by atoms with E-state index in [9.17, 15) is 18.0 Å². The van der Waals surface area contributed by atoms with Crippen LogP contribution in [0.4, 0.5) is 5.82 Å². The normalized spacial score (nSPS) is 11.5. The van der Waals surface area contributed by atoms with Crippen LogP contribution in [0, 0.1) is 6.92 Å². The van der Waals surface area contributed by atoms with Crippen molar-refractivity contribution < 1.29 is 17.6 Å². The molecular formula is C22H20N4O5S. The predicted octanol–water partition coefficient (Wildman–Crippen LogP) is 2.42. The molecule has 32 heavy (non-hydrogen) atoms. The first-order valence-electron chi connectivity index (χ1n) is 9.71. The third kappa shape index (κ3) is 4.76. The Labute approximate surface area is 183 Å². The van der Waals surface area contributed by atoms with Gasteiger partial charge in [0.05, 0.1) is 10.4 Å². The minimum absolute atomic E-state index is 0.0461. The Kier molecular flexibility index (Phi) is 5.89. The van der Waals surface area contributed by atoms with Gasteiger partial charge in [-0.05, 0) is 42.3 Å². The second-order valence-electron chi connectivity index (χ2n) is 7.16. The molecule has 0 aliphatic rings. The van der Waals surface area contributed by atoms with Crippen LogP contribution in [0.15, 0.2) is 81.0 Å². The number of fused-ring (bicyclic) bond motifs is 1. The van der Waals surface area contributed by atoms with E-state index in [0.717, 1.165) is 15.7 Å². The largest absolute Gasteiger partial charge is 0.420 e. The lowest BCUT2D eigenvalue weighted by atomic mass is 10.2. The topological polar surface area (TPSA) is 123 Å². The number of aromatic nitrogens is 2. The molecule has 0 fully saturated rings. The summed E-state index contributed by atoms with van der Waals surface area (Å²) in [6.45, 7) is 1.69. The molecule has 4 aromatic rings. The zero-order chi connectivity index (χ0) is 22.7. The fourth-order valence-electron chi connectivity index (χ4n) is 3.15. The number of hydrogen-bond donors (Lipinski definition) is 2. The highest BCUT2D eigenvalue weighted by atomic mass is 32.2. The van der Waals surface area contributed by atoms with Gasteiger partial charge in [0, 0.05) is 18.8 Å². The number of carbonyl (C=O) groups excluding carboxylic acids is 1. The SMILES string of the molecule is Cc1ccnc(NC(=O)Cn2c(=O)oc3cc(S(=O)(=O)NCc4ccccc4)ccc32)c1. The number of pyridine rings is 1. The summed E-state index contributed by atoms with van der Waals surface area (Å²) in [7, 11) is -3.83. The van der Waals surface area contributed by atoms with E-state index in [0.29, 0.717) is 11.3 Å². The molecule has 0 aliphatic carbocycles. The number of aryl methyl sites for hydroxylation is 1. The summed E-state index contributed by atoms with van der Waals surface area (Å²) in [5.74, 6) is -0.859. The highest BCUT2D eigenvalue weighted by Crippen LogP contribution is 2.19. The zero-order valence-corrected chi connectivity index (χ0v) is 17.9. The number of rotatable bonds is 7. The maximum atomic E-state index is 12.6. The molecule has 164 valence electrons. The molecule has 1 amide bonds. The van der Waals surface area contributed by atoms with Gasteiger partial charge in [0.25, 0.3) is 0 Å². The summed E-state index contributed by atoms with van der Waals surface area (Å²) in [6.07, 6.45) is 1.57. The van der Waals surface area contributed by atoms with E-state index in [1.165, 1.54) is 18.2 Å². The summed E-state index contributed by atoms with van der Waals surface area (Å²) in [5.41, 5.74) is 2.11. The lowest BCUT2D eigenvalue weighted by Crippen LogP contribution is -2.25. The molecule has 9 nitrogen and oxygen atoms in total. The maximum Gasteiger partial charge on any atom is 0.420 e. The first-order chi connectivity index (χ1) is 15.3. The molecule has 0 saturated carbocycles. The van der Waals surface area contributed by atoms with Crippen LogP contribution in [0.1, 0.15) is 11.1 Å². The Morgan fingerprint density at radius 1 is 1.09 bits per heavy atom. The Hall–Kier alpha value is -3.76. The van der Waals surface area contributed by atoms with Crippen molar-refractivity contribution in [3.63, 3.8) is 0 Å². The van der Waals surface area contributed by atoms with E-state index < -0.39 is 21.7 Å². The van der Waals surface area contributed by atoms with E-state index in [1.54, 1.807) is 18.3 Å². The fourth-order valence-corrected chi connectivity index (χ4v) is 4.18. The lowest BCUT2D eigenvalue weighted by molar-refractivity contribution is -0.116. The van der Waals surface area contributed by atoms with Gasteiger partial charge >= 0.3 is 5.76 Å². The third-order valence-corrected chi connectivity index (χ3v) is 6.14. The highest BCUT2D eigenvalue weighted by molar-refractivity contribution is 7.89. The van der Waals surface area contributed by atoms with Crippen molar-refractivity contribution in [2.75, 3.05) is 5.32 Å². The number of nitrogens with zero attached hydrogens (tertiary/aromatic N) is 2. The summed E-state index contributed by atoms with van der Waals surface area (Å²) >= 11 is 0. The summed E-state index contributed by atoms with van der Waals surface area (Å²) in [5, 5.41) is 2.62. The molecule has 0 bridgehead atoms. The van der Waals surface area contributed by atoms with Gasteiger partial charge in [-0.25, -0.2) is 22.9 Å². The van der Waals surface area contributed by atoms with Crippen molar-refractivity contribution in [2.45, 2.75) is 24.9 Å². The molecule has 10 heteroatoms. The van der Waals surface area contributed by atoms with Crippen LogP contribution >= 0.6 is 0 Å². The van der Waals surface area contributed by atoms with Crippen molar-refractivity contribution in [2.24, 2.45) is 0 Å². The molecule has 2 heterocycles. The quantitative estimate of drug-likeness (QED) is 0.444. The smallest absolute Gasteiger partial charge is 0.408 e. The van der Waals surface area contributed by atoms with Gasteiger partial charge < -0.3 is 9.73 Å². The molecule has 2 N–H and O–H groups in total. The first-order valence-corrected chi connectivity index (χ1v) is 11.2. The van der Waals surface area contributed by atoms with Gasteiger partial charge in [-0.15, -0.1) is 0 Å². The molecule has 0 atom stereocenters. The maximum absolute atomic E-state index is 12.6. The molecule has 0 saturated heterocycles. The van der Waals surface area contributed by atoms with Crippen LogP contribution in [0.5, 0.6) is 0 Å². The van der Waals surface area contributed by atoms with Crippen LogP contribution in [-0.4, -0.2) is 23.9 Å². The number of anilines is 1. The van der Waals surface area contributed by atoms with Gasteiger partial charge in [0.15, 0.2) is 5.58 Å². The van der Waals surface area contributed by atoms with Crippen molar-refractivity contribution in [1.82, 2.24) is 14.3 Å². The van der Waals surface area contributed by atoms with E-state index in [-0.39, 0.29) is 23.6 Å². The standard InChI is InChI=1S/C22H20N4O5S/c1-15-9-10-23-20(11-15)25-21(27)14-26-18-8-7-17(12-19(18)31-22(26)28)32(29,30)24-13-16-5-3-2-4-6-16/h2-12,24H,13-14H2,1H3,(H,23,25,27). The summed E-state index contributed by atoms with van der Waals surface area (Å²) in [6, 6.07) is 16.7. The molecule has 4 rings (SSSR count). The molecule has 2 aromatic heterocycles. The molecular weight excluding hydrogens is 432 g/mol. The monoisotopic (exact) mass is 452 g/mol. The Bertz CT molecular complexity index is 1440. The zero-order valence-electron chi connectivity index (χ0n) is 17.1. The van der Waals surface area contributed by atoms with Crippen LogP contribution in [-0.2, 0) is 27.9 Å². The van der Waals surface area contributed by atoms with E-state index in [1.807, 2.05) is 37.3 Å². The molecule has 0 spiro atoms. The average Bonchev–Trinajstić information content (AvgIpc) is 3.07. The number of amides is 1. The Morgan fingerprint density at radius 2 is 1.88 bits per heavy atom. The second-order valence-corrected chi connectivity index (χ2v) is 8.93. The number of hydrogen-bond acceptors (Lipinski definition) is 6. The van der Waals surface area contributed by atoms with E-state index in [2.05, 4.69) is 15.0 Å². The van der Waals surface area contributed by atoms with Crippen molar-refractivity contribution in [1.29, 1.82) is 0 Å². The fraction of sp³-hybridized carbons (Fsp3) is 0.136. The van der Waals surface area contributed by atoms with Gasteiger partial charge in [-0.2, -0.15) is 0 Å². The number of oxazole rings is 1.